The van der Waals surface area contributed by atoms with Gasteiger partial charge in [-0.3, -0.25) is 0 Å². The Bertz CT molecular complexity index is 550. The Morgan fingerprint density at radius 1 is 0.778 bits per heavy atom. The second-order valence-electron chi connectivity index (χ2n) is 3.67. The summed E-state index contributed by atoms with van der Waals surface area (Å²) in [6.45, 7) is 0. The van der Waals surface area contributed by atoms with E-state index in [1.54, 1.807) is 14.2 Å². The predicted molar refractivity (Wildman–Crippen MR) is 80.4 cm³/mol. The molecule has 4 heteroatoms. The smallest absolute Gasteiger partial charge is 0.134 e. The van der Waals surface area contributed by atoms with E-state index in [0.29, 0.717) is 0 Å². The van der Waals surface area contributed by atoms with E-state index in [1.807, 2.05) is 36.4 Å². The molecule has 2 aromatic rings. The van der Waals surface area contributed by atoms with Crippen LogP contribution in [0.5, 0.6) is 11.5 Å². The summed E-state index contributed by atoms with van der Waals surface area (Å²) in [7, 11) is 3.31. The summed E-state index contributed by atoms with van der Waals surface area (Å²) in [6.07, 6.45) is 0. The number of rotatable bonds is 3. The van der Waals surface area contributed by atoms with Crippen molar-refractivity contribution in [2.75, 3.05) is 14.2 Å². The first-order valence-electron chi connectivity index (χ1n) is 5.33. The van der Waals surface area contributed by atoms with Crippen molar-refractivity contribution in [1.29, 1.82) is 0 Å². The molecule has 0 saturated carbocycles. The van der Waals surface area contributed by atoms with Crippen LogP contribution in [0.3, 0.4) is 0 Å². The highest BCUT2D eigenvalue weighted by Gasteiger charge is 2.11. The number of ether oxygens (including phenoxy) is 2. The maximum Gasteiger partial charge on any atom is 0.134 e. The van der Waals surface area contributed by atoms with Gasteiger partial charge in [0.2, 0.25) is 0 Å². The molecule has 0 aliphatic heterocycles. The molecule has 94 valence electrons. The molecular formula is C14H12Br2O2. The Morgan fingerprint density at radius 3 is 2.00 bits per heavy atom. The Labute approximate surface area is 123 Å². The zero-order valence-electron chi connectivity index (χ0n) is 10.0. The van der Waals surface area contributed by atoms with Crippen LogP contribution >= 0.6 is 31.9 Å². The average molecular weight is 372 g/mol. The fraction of sp³-hybridized carbons (Fsp3) is 0.143. The normalized spacial score (nSPS) is 10.2. The third kappa shape index (κ3) is 2.54. The van der Waals surface area contributed by atoms with E-state index in [0.717, 1.165) is 31.6 Å². The van der Waals surface area contributed by atoms with Crippen LogP contribution in [0.4, 0.5) is 0 Å². The van der Waals surface area contributed by atoms with Gasteiger partial charge in [0.1, 0.15) is 11.5 Å². The summed E-state index contributed by atoms with van der Waals surface area (Å²) in [5, 5.41) is 0. The molecule has 0 bridgehead atoms. The zero-order valence-corrected chi connectivity index (χ0v) is 13.2. The van der Waals surface area contributed by atoms with Crippen molar-refractivity contribution in [1.82, 2.24) is 0 Å². The van der Waals surface area contributed by atoms with Crippen LogP contribution in [0, 0.1) is 0 Å². The molecule has 2 rings (SSSR count). The third-order valence-corrected chi connectivity index (χ3v) is 4.81. The topological polar surface area (TPSA) is 18.5 Å². The van der Waals surface area contributed by atoms with E-state index in [4.69, 9.17) is 9.47 Å². The molecule has 0 amide bonds. The summed E-state index contributed by atoms with van der Waals surface area (Å²) in [6, 6.07) is 11.9. The van der Waals surface area contributed by atoms with Crippen LogP contribution in [-0.2, 0) is 0 Å². The van der Waals surface area contributed by atoms with Crippen LogP contribution < -0.4 is 9.47 Å². The van der Waals surface area contributed by atoms with Gasteiger partial charge < -0.3 is 9.47 Å². The minimum absolute atomic E-state index is 0.805. The van der Waals surface area contributed by atoms with E-state index in [2.05, 4.69) is 31.9 Å². The van der Waals surface area contributed by atoms with Gasteiger partial charge in [0.05, 0.1) is 18.7 Å². The lowest BCUT2D eigenvalue weighted by Crippen LogP contribution is -1.88. The standard InChI is InChI=1S/C14H12Br2O2/c1-17-10-5-3-9(4-6-10)11-7-8-12(18-2)14(16)13(11)15/h3-8H,1-2H3. The van der Waals surface area contributed by atoms with E-state index in [-0.39, 0.29) is 0 Å². The first kappa shape index (κ1) is 13.4. The van der Waals surface area contributed by atoms with Gasteiger partial charge in [-0.1, -0.05) is 12.1 Å². The van der Waals surface area contributed by atoms with Crippen molar-refractivity contribution in [2.45, 2.75) is 0 Å². The van der Waals surface area contributed by atoms with Crippen molar-refractivity contribution >= 4 is 31.9 Å². The highest BCUT2D eigenvalue weighted by Crippen LogP contribution is 2.40. The molecule has 2 nitrogen and oxygen atoms in total. The first-order chi connectivity index (χ1) is 8.67. The maximum absolute atomic E-state index is 5.26. The van der Waals surface area contributed by atoms with E-state index in [9.17, 15) is 0 Å². The number of hydrogen-bond acceptors (Lipinski definition) is 2. The molecule has 0 spiro atoms. The van der Waals surface area contributed by atoms with Crippen molar-refractivity contribution in [3.8, 4) is 22.6 Å². The van der Waals surface area contributed by atoms with Gasteiger partial charge in [-0.2, -0.15) is 0 Å². The molecule has 0 aliphatic rings. The molecule has 0 aromatic heterocycles. The lowest BCUT2D eigenvalue weighted by molar-refractivity contribution is 0.412. The third-order valence-electron chi connectivity index (χ3n) is 2.67. The molecule has 0 radical (unpaired) electrons. The highest BCUT2D eigenvalue weighted by atomic mass is 79.9. The van der Waals surface area contributed by atoms with Gasteiger partial charge >= 0.3 is 0 Å². The van der Waals surface area contributed by atoms with Crippen molar-refractivity contribution in [2.24, 2.45) is 0 Å². The molecule has 0 saturated heterocycles. The fourth-order valence-electron chi connectivity index (χ4n) is 1.68. The lowest BCUT2D eigenvalue weighted by Gasteiger charge is -2.10. The zero-order chi connectivity index (χ0) is 13.1. The SMILES string of the molecule is COc1ccc(-c2ccc(OC)c(Br)c2Br)cc1. The largest absolute Gasteiger partial charge is 0.497 e. The number of halogens is 2. The van der Waals surface area contributed by atoms with Crippen LogP contribution in [0.15, 0.2) is 45.3 Å². The summed E-state index contributed by atoms with van der Waals surface area (Å²) in [5.41, 5.74) is 2.22. The van der Waals surface area contributed by atoms with Gasteiger partial charge in [0.15, 0.2) is 0 Å². The molecular weight excluding hydrogens is 360 g/mol. The average Bonchev–Trinajstić information content (AvgIpc) is 2.42. The van der Waals surface area contributed by atoms with Crippen LogP contribution in [0.1, 0.15) is 0 Å². The van der Waals surface area contributed by atoms with Crippen molar-refractivity contribution in [3.05, 3.63) is 45.3 Å². The monoisotopic (exact) mass is 370 g/mol. The minimum Gasteiger partial charge on any atom is -0.497 e. The fourth-order valence-corrected chi connectivity index (χ4v) is 2.75. The second-order valence-corrected chi connectivity index (χ2v) is 5.26. The van der Waals surface area contributed by atoms with Crippen molar-refractivity contribution < 1.29 is 9.47 Å². The molecule has 0 unspecified atom stereocenters. The van der Waals surface area contributed by atoms with Crippen LogP contribution in [0.25, 0.3) is 11.1 Å². The number of methoxy groups -OCH3 is 2. The maximum atomic E-state index is 5.26. The van der Waals surface area contributed by atoms with Crippen molar-refractivity contribution in [3.63, 3.8) is 0 Å². The molecule has 2 aromatic carbocycles. The Morgan fingerprint density at radius 2 is 1.44 bits per heavy atom. The van der Waals surface area contributed by atoms with E-state index in [1.165, 1.54) is 0 Å². The first-order valence-corrected chi connectivity index (χ1v) is 6.92. The number of benzene rings is 2. The molecule has 0 fully saturated rings. The summed E-state index contributed by atoms with van der Waals surface area (Å²) < 4.78 is 12.3. The van der Waals surface area contributed by atoms with Gasteiger partial charge in [-0.05, 0) is 67.3 Å². The Balaban J connectivity index is 2.47. The summed E-state index contributed by atoms with van der Waals surface area (Å²) >= 11 is 7.11. The molecule has 0 heterocycles. The second kappa shape index (κ2) is 5.76. The minimum atomic E-state index is 0.805. The molecule has 0 N–H and O–H groups in total. The van der Waals surface area contributed by atoms with Gasteiger partial charge in [0.25, 0.3) is 0 Å². The molecule has 18 heavy (non-hydrogen) atoms. The summed E-state index contributed by atoms with van der Waals surface area (Å²) in [5.74, 6) is 1.65. The quantitative estimate of drug-likeness (QED) is 0.764. The Kier molecular flexibility index (Phi) is 4.30. The van der Waals surface area contributed by atoms with Gasteiger partial charge in [-0.15, -0.1) is 0 Å². The molecule has 0 aliphatic carbocycles. The van der Waals surface area contributed by atoms with Gasteiger partial charge in [0, 0.05) is 4.47 Å². The van der Waals surface area contributed by atoms with Crippen LogP contribution in [0.2, 0.25) is 0 Å². The van der Waals surface area contributed by atoms with E-state index < -0.39 is 0 Å². The number of hydrogen-bond donors (Lipinski definition) is 0. The highest BCUT2D eigenvalue weighted by molar-refractivity contribution is 9.13. The Hall–Kier alpha value is -1.00. The lowest BCUT2D eigenvalue weighted by atomic mass is 10.1. The molecule has 0 atom stereocenters. The van der Waals surface area contributed by atoms with E-state index >= 15 is 0 Å². The summed E-state index contributed by atoms with van der Waals surface area (Å²) in [4.78, 5) is 0. The van der Waals surface area contributed by atoms with Crippen LogP contribution in [-0.4, -0.2) is 14.2 Å². The predicted octanol–water partition coefficient (Wildman–Crippen LogP) is 4.90. The van der Waals surface area contributed by atoms with Gasteiger partial charge in [-0.25, -0.2) is 0 Å².